The highest BCUT2D eigenvalue weighted by atomic mass is 32.1. The fourth-order valence-electron chi connectivity index (χ4n) is 4.29. The predicted octanol–water partition coefficient (Wildman–Crippen LogP) is 3.27. The number of likely N-dealkylation sites (tertiary alicyclic amines) is 1. The van der Waals surface area contributed by atoms with Crippen molar-refractivity contribution < 1.29 is 13.9 Å². The molecule has 6 nitrogen and oxygen atoms in total. The Bertz CT molecular complexity index is 859. The molecule has 0 saturated carbocycles. The van der Waals surface area contributed by atoms with Gasteiger partial charge in [-0.15, -0.1) is 0 Å². The van der Waals surface area contributed by atoms with E-state index in [4.69, 9.17) is 21.4 Å². The topological polar surface area (TPSA) is 50.9 Å². The standard InChI is InChI=1S/C20H27N3O3S/c1-14-11-22(12-15(2)25-14)19(24)16-7-9-21(10-8-16)13-23-17-5-3-4-6-18(17)26-20(23)27/h3-6,14-16H,7-13H2,1-2H3. The number of carbonyl (C=O) groups is 1. The normalized spacial score (nSPS) is 25.2. The zero-order chi connectivity index (χ0) is 19.0. The number of rotatable bonds is 3. The maximum absolute atomic E-state index is 12.9. The first-order valence-electron chi connectivity index (χ1n) is 9.76. The number of fused-ring (bicyclic) bond motifs is 1. The monoisotopic (exact) mass is 389 g/mol. The van der Waals surface area contributed by atoms with Crippen molar-refractivity contribution >= 4 is 29.2 Å². The summed E-state index contributed by atoms with van der Waals surface area (Å²) in [6, 6.07) is 7.93. The van der Waals surface area contributed by atoms with Crippen LogP contribution in [-0.4, -0.2) is 58.7 Å². The van der Waals surface area contributed by atoms with Gasteiger partial charge in [-0.05, 0) is 51.0 Å². The molecular formula is C20H27N3O3S. The Hall–Kier alpha value is -1.70. The summed E-state index contributed by atoms with van der Waals surface area (Å²) >= 11 is 5.39. The van der Waals surface area contributed by atoms with E-state index in [1.807, 2.05) is 47.6 Å². The van der Waals surface area contributed by atoms with Crippen molar-refractivity contribution in [2.24, 2.45) is 5.92 Å². The van der Waals surface area contributed by atoms with Crippen molar-refractivity contribution in [3.8, 4) is 0 Å². The number of hydrogen-bond donors (Lipinski definition) is 0. The summed E-state index contributed by atoms with van der Waals surface area (Å²) in [5.74, 6) is 0.412. The second-order valence-electron chi connectivity index (χ2n) is 7.80. The quantitative estimate of drug-likeness (QED) is 0.754. The van der Waals surface area contributed by atoms with E-state index in [2.05, 4.69) is 4.90 Å². The van der Waals surface area contributed by atoms with Gasteiger partial charge in [0.15, 0.2) is 5.58 Å². The highest BCUT2D eigenvalue weighted by molar-refractivity contribution is 7.71. The Labute approximate surface area is 164 Å². The molecule has 2 saturated heterocycles. The smallest absolute Gasteiger partial charge is 0.270 e. The largest absolute Gasteiger partial charge is 0.429 e. The van der Waals surface area contributed by atoms with Crippen LogP contribution in [0, 0.1) is 10.8 Å². The minimum absolute atomic E-state index is 0.118. The highest BCUT2D eigenvalue weighted by Gasteiger charge is 2.32. The van der Waals surface area contributed by atoms with Crippen LogP contribution >= 0.6 is 12.2 Å². The van der Waals surface area contributed by atoms with Crippen molar-refractivity contribution in [2.45, 2.75) is 45.6 Å². The third-order valence-electron chi connectivity index (χ3n) is 5.58. The summed E-state index contributed by atoms with van der Waals surface area (Å²) in [6.07, 6.45) is 2.02. The van der Waals surface area contributed by atoms with Gasteiger partial charge in [-0.25, -0.2) is 0 Å². The van der Waals surface area contributed by atoms with Crippen LogP contribution in [0.4, 0.5) is 0 Å². The summed E-state index contributed by atoms with van der Waals surface area (Å²) < 4.78 is 13.5. The molecule has 2 aromatic rings. The van der Waals surface area contributed by atoms with Crippen molar-refractivity contribution in [1.29, 1.82) is 0 Å². The Morgan fingerprint density at radius 3 is 2.52 bits per heavy atom. The Kier molecular flexibility index (Phi) is 5.34. The molecule has 0 radical (unpaired) electrons. The zero-order valence-electron chi connectivity index (χ0n) is 16.0. The lowest BCUT2D eigenvalue weighted by Gasteiger charge is -2.39. The fourth-order valence-corrected chi connectivity index (χ4v) is 4.53. The zero-order valence-corrected chi connectivity index (χ0v) is 16.8. The Balaban J connectivity index is 1.37. The molecule has 2 aliphatic heterocycles. The average molecular weight is 390 g/mol. The van der Waals surface area contributed by atoms with E-state index in [1.54, 1.807) is 0 Å². The first kappa shape index (κ1) is 18.7. The minimum Gasteiger partial charge on any atom is -0.429 e. The van der Waals surface area contributed by atoms with Crippen LogP contribution in [0.15, 0.2) is 28.7 Å². The molecule has 3 heterocycles. The van der Waals surface area contributed by atoms with Crippen LogP contribution in [0.2, 0.25) is 0 Å². The van der Waals surface area contributed by atoms with Gasteiger partial charge in [0, 0.05) is 32.1 Å². The number of nitrogens with zero attached hydrogens (tertiary/aromatic N) is 3. The van der Waals surface area contributed by atoms with E-state index in [0.717, 1.165) is 37.0 Å². The number of piperidine rings is 1. The molecule has 2 fully saturated rings. The summed E-state index contributed by atoms with van der Waals surface area (Å²) in [4.78, 5) is 17.8. The fraction of sp³-hybridized carbons (Fsp3) is 0.600. The van der Waals surface area contributed by atoms with Crippen molar-refractivity contribution in [2.75, 3.05) is 26.2 Å². The number of morpholine rings is 1. The Morgan fingerprint density at radius 1 is 1.15 bits per heavy atom. The number of carbonyl (C=O) groups excluding carboxylic acids is 1. The van der Waals surface area contributed by atoms with Crippen LogP contribution in [-0.2, 0) is 16.2 Å². The molecule has 7 heteroatoms. The van der Waals surface area contributed by atoms with Gasteiger partial charge in [0.25, 0.3) is 4.84 Å². The molecule has 1 aromatic heterocycles. The van der Waals surface area contributed by atoms with E-state index >= 15 is 0 Å². The maximum atomic E-state index is 12.9. The van der Waals surface area contributed by atoms with E-state index in [-0.39, 0.29) is 18.1 Å². The molecule has 0 aliphatic carbocycles. The second kappa shape index (κ2) is 7.73. The number of amides is 1. The van der Waals surface area contributed by atoms with Gasteiger partial charge in [0.05, 0.1) is 24.4 Å². The number of aromatic nitrogens is 1. The van der Waals surface area contributed by atoms with Gasteiger partial charge in [-0.3, -0.25) is 14.3 Å². The third-order valence-corrected chi connectivity index (χ3v) is 5.89. The molecule has 1 amide bonds. The van der Waals surface area contributed by atoms with Gasteiger partial charge in [0.2, 0.25) is 5.91 Å². The summed E-state index contributed by atoms with van der Waals surface area (Å²) in [6.45, 7) is 8.00. The summed E-state index contributed by atoms with van der Waals surface area (Å²) in [5, 5.41) is 0. The molecule has 2 unspecified atom stereocenters. The minimum atomic E-state index is 0.118. The summed E-state index contributed by atoms with van der Waals surface area (Å²) in [5.41, 5.74) is 1.85. The lowest BCUT2D eigenvalue weighted by molar-refractivity contribution is -0.149. The highest BCUT2D eigenvalue weighted by Crippen LogP contribution is 2.24. The SMILES string of the molecule is CC1CN(C(=O)C2CCN(Cn3c(=S)oc4ccccc43)CC2)CC(C)O1. The van der Waals surface area contributed by atoms with Gasteiger partial charge < -0.3 is 14.1 Å². The van der Waals surface area contributed by atoms with E-state index in [0.29, 0.717) is 30.5 Å². The van der Waals surface area contributed by atoms with Crippen LogP contribution < -0.4 is 0 Å². The van der Waals surface area contributed by atoms with Crippen LogP contribution in [0.25, 0.3) is 11.1 Å². The number of para-hydroxylation sites is 2. The second-order valence-corrected chi connectivity index (χ2v) is 8.15. The number of benzene rings is 1. The molecule has 4 rings (SSSR count). The first-order chi connectivity index (χ1) is 13.0. The number of hydrogen-bond acceptors (Lipinski definition) is 5. The molecule has 1 aromatic carbocycles. The van der Waals surface area contributed by atoms with Crippen molar-refractivity contribution in [3.63, 3.8) is 0 Å². The molecule has 27 heavy (non-hydrogen) atoms. The number of oxazole rings is 1. The first-order valence-corrected chi connectivity index (χ1v) is 10.2. The molecular weight excluding hydrogens is 362 g/mol. The van der Waals surface area contributed by atoms with Crippen molar-refractivity contribution in [3.05, 3.63) is 29.1 Å². The lowest BCUT2D eigenvalue weighted by Crippen LogP contribution is -2.51. The van der Waals surface area contributed by atoms with E-state index in [1.165, 1.54) is 0 Å². The van der Waals surface area contributed by atoms with Crippen molar-refractivity contribution in [1.82, 2.24) is 14.4 Å². The lowest BCUT2D eigenvalue weighted by atomic mass is 9.95. The third kappa shape index (κ3) is 3.95. The molecule has 0 bridgehead atoms. The van der Waals surface area contributed by atoms with Crippen LogP contribution in [0.3, 0.4) is 0 Å². The van der Waals surface area contributed by atoms with Gasteiger partial charge >= 0.3 is 0 Å². The molecule has 146 valence electrons. The van der Waals surface area contributed by atoms with Gasteiger partial charge in [-0.1, -0.05) is 12.1 Å². The molecule has 2 atom stereocenters. The molecule has 0 spiro atoms. The summed E-state index contributed by atoms with van der Waals surface area (Å²) in [7, 11) is 0. The number of ether oxygens (including phenoxy) is 1. The Morgan fingerprint density at radius 2 is 1.81 bits per heavy atom. The van der Waals surface area contributed by atoms with E-state index < -0.39 is 0 Å². The average Bonchev–Trinajstić information content (AvgIpc) is 2.96. The van der Waals surface area contributed by atoms with Gasteiger partial charge in [0.1, 0.15) is 0 Å². The molecule has 0 N–H and O–H groups in total. The molecule has 2 aliphatic rings. The maximum Gasteiger partial charge on any atom is 0.270 e. The predicted molar refractivity (Wildman–Crippen MR) is 106 cm³/mol. The van der Waals surface area contributed by atoms with Crippen LogP contribution in [0.1, 0.15) is 26.7 Å². The van der Waals surface area contributed by atoms with Gasteiger partial charge in [-0.2, -0.15) is 0 Å². The van der Waals surface area contributed by atoms with E-state index in [9.17, 15) is 4.79 Å². The van der Waals surface area contributed by atoms with Crippen LogP contribution in [0.5, 0.6) is 0 Å².